The second-order valence-corrected chi connectivity index (χ2v) is 17.2. The van der Waals surface area contributed by atoms with E-state index in [1.807, 2.05) is 78.9 Å². The summed E-state index contributed by atoms with van der Waals surface area (Å²) in [7, 11) is 0. The fourth-order valence-corrected chi connectivity index (χ4v) is 7.57. The summed E-state index contributed by atoms with van der Waals surface area (Å²) in [6, 6.07) is 46.8. The molecule has 0 aliphatic heterocycles. The quantitative estimate of drug-likeness (QED) is 0.0792. The number of aliphatic carboxylic acids is 3. The van der Waals surface area contributed by atoms with Crippen LogP contribution in [0.3, 0.4) is 0 Å². The van der Waals surface area contributed by atoms with Crippen LogP contribution in [-0.4, -0.2) is 49.4 Å². The van der Waals surface area contributed by atoms with Gasteiger partial charge in [0.2, 0.25) is 0 Å². The van der Waals surface area contributed by atoms with Crippen LogP contribution in [0.15, 0.2) is 176 Å². The Kier molecular flexibility index (Phi) is 19.6. The molecular weight excluding hydrogens is 988 g/mol. The van der Waals surface area contributed by atoms with E-state index in [4.69, 9.17) is 43.6 Å². The average molecular weight is 1030 g/mol. The fraction of sp³-hybridized carbons (Fsp3) is 0.103. The molecule has 5 N–H and O–H groups in total. The number of aromatic hydroxyl groups is 1. The van der Waals surface area contributed by atoms with E-state index in [2.05, 4.69) is 0 Å². The number of carboxylic acids is 4. The Morgan fingerprint density at radius 3 is 1.23 bits per heavy atom. The maximum atomic E-state index is 14.0. The third-order valence-electron chi connectivity index (χ3n) is 11.3. The van der Waals surface area contributed by atoms with Gasteiger partial charge >= 0.3 is 23.9 Å². The van der Waals surface area contributed by atoms with Crippen molar-refractivity contribution in [3.63, 3.8) is 0 Å². The Balaban J connectivity index is 0.000000181. The molecular formula is C58H46Cl2F4O9. The lowest BCUT2D eigenvalue weighted by atomic mass is 9.96. The number of hydrogen-bond acceptors (Lipinski definition) is 5. The first-order valence-electron chi connectivity index (χ1n) is 22.1. The van der Waals surface area contributed by atoms with Gasteiger partial charge in [0.1, 0.15) is 34.6 Å². The predicted molar refractivity (Wildman–Crippen MR) is 274 cm³/mol. The van der Waals surface area contributed by atoms with Gasteiger partial charge in [-0.3, -0.25) is 14.4 Å². The highest BCUT2D eigenvalue weighted by Gasteiger charge is 2.19. The third kappa shape index (κ3) is 15.4. The van der Waals surface area contributed by atoms with Gasteiger partial charge < -0.3 is 25.5 Å². The Hall–Kier alpha value is -8.26. The van der Waals surface area contributed by atoms with Crippen LogP contribution in [0.1, 0.15) is 65.6 Å². The van der Waals surface area contributed by atoms with Crippen LogP contribution < -0.4 is 0 Å². The van der Waals surface area contributed by atoms with E-state index in [0.29, 0.717) is 38.4 Å². The van der Waals surface area contributed by atoms with Gasteiger partial charge in [-0.05, 0) is 120 Å². The van der Waals surface area contributed by atoms with Gasteiger partial charge in [-0.2, -0.15) is 0 Å². The lowest BCUT2D eigenvalue weighted by Gasteiger charge is -2.09. The third-order valence-corrected chi connectivity index (χ3v) is 11.8. The second-order valence-electron chi connectivity index (χ2n) is 16.3. The zero-order valence-electron chi connectivity index (χ0n) is 39.1. The van der Waals surface area contributed by atoms with Crippen LogP contribution in [0, 0.1) is 23.3 Å². The molecule has 374 valence electrons. The molecule has 9 nitrogen and oxygen atoms in total. The molecule has 0 saturated carbocycles. The highest BCUT2D eigenvalue weighted by Crippen LogP contribution is 2.32. The Labute approximate surface area is 427 Å². The molecule has 0 radical (unpaired) electrons. The zero-order valence-corrected chi connectivity index (χ0v) is 40.6. The molecule has 3 atom stereocenters. The standard InChI is InChI=1S/C15H12Cl2O2.2C15H13FO2.C13H8F2O3/c1-9(15(18)19)10-3-2-4-11(5-10)12-6-13(16)8-14(17)7-12;2*1-10(15(17)18)12-7-8-13(14(16)9-12)11-5-3-2-4-6-11;14-8-2-3-9(11(15)6-8)7-1-4-12(16)10(5-7)13(17)18/h2-9H,1H3,(H,18,19);2*2-10H,1H3,(H,17,18);1-6,16H,(H,17,18)/t;2*10-;/m.10./s1. The number of rotatable bonds is 11. The molecule has 0 heterocycles. The molecule has 0 amide bonds. The normalized spacial score (nSPS) is 11.7. The predicted octanol–water partition coefficient (Wildman–Crippen LogP) is 15.2. The number of halogens is 6. The summed E-state index contributed by atoms with van der Waals surface area (Å²) in [6.45, 7) is 4.74. The van der Waals surface area contributed by atoms with E-state index in [1.54, 1.807) is 69.3 Å². The van der Waals surface area contributed by atoms with Crippen LogP contribution in [0.4, 0.5) is 17.6 Å². The van der Waals surface area contributed by atoms with Crippen molar-refractivity contribution in [3.05, 3.63) is 231 Å². The molecule has 0 fully saturated rings. The largest absolute Gasteiger partial charge is 0.507 e. The van der Waals surface area contributed by atoms with Gasteiger partial charge in [0.25, 0.3) is 0 Å². The molecule has 0 saturated heterocycles. The molecule has 8 aromatic carbocycles. The summed E-state index contributed by atoms with van der Waals surface area (Å²) < 4.78 is 54.2. The van der Waals surface area contributed by atoms with Crippen LogP contribution in [0.25, 0.3) is 44.5 Å². The van der Waals surface area contributed by atoms with Gasteiger partial charge in [-0.15, -0.1) is 0 Å². The van der Waals surface area contributed by atoms with Crippen LogP contribution in [0.2, 0.25) is 10.0 Å². The first-order valence-corrected chi connectivity index (χ1v) is 22.9. The molecule has 15 heteroatoms. The molecule has 0 spiro atoms. The molecule has 8 rings (SSSR count). The van der Waals surface area contributed by atoms with Crippen molar-refractivity contribution in [2.24, 2.45) is 0 Å². The molecule has 0 bridgehead atoms. The van der Waals surface area contributed by atoms with Crippen molar-refractivity contribution in [3.8, 4) is 50.3 Å². The number of phenols is 1. The summed E-state index contributed by atoms with van der Waals surface area (Å²) in [5, 5.41) is 46.1. The lowest BCUT2D eigenvalue weighted by molar-refractivity contribution is -0.139. The van der Waals surface area contributed by atoms with Gasteiger partial charge in [-0.25, -0.2) is 22.4 Å². The van der Waals surface area contributed by atoms with E-state index >= 15 is 0 Å². The van der Waals surface area contributed by atoms with Crippen molar-refractivity contribution in [1.82, 2.24) is 0 Å². The number of hydrogen-bond donors (Lipinski definition) is 5. The summed E-state index contributed by atoms with van der Waals surface area (Å²) in [5.74, 6) is -8.75. The monoisotopic (exact) mass is 1030 g/mol. The van der Waals surface area contributed by atoms with Crippen LogP contribution in [-0.2, 0) is 14.4 Å². The van der Waals surface area contributed by atoms with E-state index in [-0.39, 0.29) is 16.7 Å². The fourth-order valence-electron chi connectivity index (χ4n) is 7.04. The summed E-state index contributed by atoms with van der Waals surface area (Å²) in [5.41, 5.74) is 5.98. The van der Waals surface area contributed by atoms with E-state index in [1.165, 1.54) is 24.3 Å². The van der Waals surface area contributed by atoms with Gasteiger partial charge in [0, 0.05) is 32.8 Å². The highest BCUT2D eigenvalue weighted by molar-refractivity contribution is 6.35. The molecule has 73 heavy (non-hydrogen) atoms. The van der Waals surface area contributed by atoms with Crippen LogP contribution in [0.5, 0.6) is 5.75 Å². The maximum absolute atomic E-state index is 14.0. The summed E-state index contributed by atoms with van der Waals surface area (Å²) in [6.07, 6.45) is 0. The van der Waals surface area contributed by atoms with Crippen LogP contribution >= 0.6 is 23.2 Å². The highest BCUT2D eigenvalue weighted by atomic mass is 35.5. The average Bonchev–Trinajstić information content (AvgIpc) is 3.36. The Bertz CT molecular complexity index is 3120. The van der Waals surface area contributed by atoms with Gasteiger partial charge in [0.15, 0.2) is 0 Å². The molecule has 8 aromatic rings. The van der Waals surface area contributed by atoms with E-state index < -0.39 is 70.6 Å². The molecule has 1 unspecified atom stereocenters. The summed E-state index contributed by atoms with van der Waals surface area (Å²) >= 11 is 11.9. The molecule has 0 aliphatic carbocycles. The minimum absolute atomic E-state index is 0.0684. The molecule has 0 aliphatic rings. The van der Waals surface area contributed by atoms with Crippen molar-refractivity contribution in [1.29, 1.82) is 0 Å². The first kappa shape index (κ1) is 55.7. The lowest BCUT2D eigenvalue weighted by Crippen LogP contribution is -2.07. The van der Waals surface area contributed by atoms with Gasteiger partial charge in [-0.1, -0.05) is 138 Å². The number of carboxylic acid groups (broad SMARTS) is 4. The topological polar surface area (TPSA) is 169 Å². The van der Waals surface area contributed by atoms with Gasteiger partial charge in [0.05, 0.1) is 17.8 Å². The minimum Gasteiger partial charge on any atom is -0.507 e. The maximum Gasteiger partial charge on any atom is 0.339 e. The van der Waals surface area contributed by atoms with Crippen molar-refractivity contribution in [2.75, 3.05) is 0 Å². The van der Waals surface area contributed by atoms with Crippen molar-refractivity contribution >= 4 is 47.1 Å². The smallest absolute Gasteiger partial charge is 0.339 e. The number of benzene rings is 8. The number of aromatic carboxylic acids is 1. The first-order chi connectivity index (χ1) is 34.6. The number of carbonyl (C=O) groups is 4. The minimum atomic E-state index is -1.32. The second kappa shape index (κ2) is 25.7. The Morgan fingerprint density at radius 2 is 0.808 bits per heavy atom. The van der Waals surface area contributed by atoms with E-state index in [0.717, 1.165) is 46.0 Å². The Morgan fingerprint density at radius 1 is 0.397 bits per heavy atom. The SMILES string of the molecule is CC(C(=O)O)c1cccc(-c2cc(Cl)cc(Cl)c2)c1.C[C@@H](C(=O)O)c1ccc(-c2ccccc2)c(F)c1.C[C@H](C(=O)O)c1ccc(-c2ccccc2)c(F)c1.O=C(O)c1cc(-c2ccc(F)cc2F)ccc1O. The van der Waals surface area contributed by atoms with Crippen molar-refractivity contribution in [2.45, 2.75) is 38.5 Å². The van der Waals surface area contributed by atoms with E-state index in [9.17, 15) is 41.8 Å². The summed E-state index contributed by atoms with van der Waals surface area (Å²) in [4.78, 5) is 43.5. The van der Waals surface area contributed by atoms with Crippen molar-refractivity contribution < 1.29 is 62.3 Å². The molecule has 0 aromatic heterocycles. The zero-order chi connectivity index (χ0) is 53.5.